The van der Waals surface area contributed by atoms with E-state index in [1.165, 1.54) is 169 Å². The zero-order valence-electron chi connectivity index (χ0n) is 48.7. The second-order valence-electron chi connectivity index (χ2n) is 28.6. The van der Waals surface area contributed by atoms with Gasteiger partial charge in [-0.15, -0.1) is 0 Å². The van der Waals surface area contributed by atoms with E-state index in [4.69, 9.17) is 8.83 Å². The molecule has 6 bridgehead atoms. The highest BCUT2D eigenvalue weighted by molar-refractivity contribution is 7.03. The Kier molecular flexibility index (Phi) is 8.97. The van der Waals surface area contributed by atoms with Gasteiger partial charge in [0.1, 0.15) is 33.6 Å². The summed E-state index contributed by atoms with van der Waals surface area (Å²) < 4.78 is 22.2. The van der Waals surface area contributed by atoms with Crippen LogP contribution in [0, 0.1) is 45.4 Å². The minimum absolute atomic E-state index is 0.00391. The van der Waals surface area contributed by atoms with Crippen molar-refractivity contribution in [2.24, 2.45) is 17.8 Å². The van der Waals surface area contributed by atoms with Gasteiger partial charge < -0.3 is 8.83 Å². The van der Waals surface area contributed by atoms with Crippen molar-refractivity contribution in [2.75, 3.05) is 0 Å². The summed E-state index contributed by atoms with van der Waals surface area (Å²) in [6.45, 7) is 14.2. The average molecular weight is 1080 g/mol. The van der Waals surface area contributed by atoms with Gasteiger partial charge in [-0.3, -0.25) is 4.57 Å². The molecule has 4 unspecified atom stereocenters. The van der Waals surface area contributed by atoms with Crippen molar-refractivity contribution in [2.45, 2.75) is 148 Å². The second-order valence-corrected chi connectivity index (χ2v) is 28.6. The van der Waals surface area contributed by atoms with Crippen molar-refractivity contribution in [1.29, 1.82) is 0 Å². The predicted molar refractivity (Wildman–Crippen MR) is 344 cm³/mol. The first-order chi connectivity index (χ1) is 40.5. The highest BCUT2D eigenvalue weighted by Crippen LogP contribution is 2.61. The molecule has 7 aromatic carbocycles. The SMILES string of the molecule is Cc1cccc(C)c1B1c2cc(C3(C)CCCCC3)cc3c2-n2c4c1c1c5c(c6c7ccccc7oc6c1n4c(=O)n1c4c(c6c(c7oc8ccccc8c74)C4CC7CC(C4)CC6C7)c(c21)B3c1c(C)cccc1C)C1CC(=C5)CC(C)C1. The molecule has 8 heteroatoms. The van der Waals surface area contributed by atoms with Crippen molar-refractivity contribution in [3.05, 3.63) is 163 Å². The van der Waals surface area contributed by atoms with Gasteiger partial charge >= 0.3 is 5.69 Å². The van der Waals surface area contributed by atoms with Gasteiger partial charge in [0.15, 0.2) is 5.58 Å². The molecule has 9 aliphatic rings. The molecule has 21 rings (SSSR count). The second kappa shape index (κ2) is 15.8. The quantitative estimate of drug-likeness (QED) is 0.166. The fourth-order valence-electron chi connectivity index (χ4n) is 21.0. The van der Waals surface area contributed by atoms with Crippen LogP contribution in [-0.4, -0.2) is 26.8 Å². The third kappa shape index (κ3) is 5.69. The van der Waals surface area contributed by atoms with Crippen LogP contribution in [0.25, 0.3) is 88.7 Å². The van der Waals surface area contributed by atoms with E-state index in [-0.39, 0.29) is 24.5 Å². The first-order valence-corrected chi connectivity index (χ1v) is 32.0. The molecule has 7 aliphatic carbocycles. The number of allylic oxidation sites excluding steroid dienone is 1. The first-order valence-electron chi connectivity index (χ1n) is 32.0. The van der Waals surface area contributed by atoms with Crippen LogP contribution in [0.5, 0.6) is 0 Å². The molecule has 0 saturated heterocycles. The minimum atomic E-state index is -0.173. The molecule has 83 heavy (non-hydrogen) atoms. The summed E-state index contributed by atoms with van der Waals surface area (Å²) in [6, 6.07) is 37.0. The number of nitrogens with zero attached hydrogens (tertiary/aromatic N) is 3. The third-order valence-corrected chi connectivity index (χ3v) is 23.9. The van der Waals surface area contributed by atoms with E-state index in [9.17, 15) is 0 Å². The first kappa shape index (κ1) is 47.0. The Morgan fingerprint density at radius 3 is 1.75 bits per heavy atom. The number of aryl methyl sites for hydroxylation is 4. The molecule has 406 valence electrons. The normalized spacial score (nSPS) is 23.6. The molecule has 6 nitrogen and oxygen atoms in total. The smallest absolute Gasteiger partial charge is 0.340 e. The topological polar surface area (TPSA) is 57.1 Å². The molecule has 4 saturated carbocycles. The maximum absolute atomic E-state index is 17.9. The van der Waals surface area contributed by atoms with Crippen molar-refractivity contribution in [1.82, 2.24) is 13.4 Å². The number of rotatable bonds is 3. The van der Waals surface area contributed by atoms with E-state index in [0.29, 0.717) is 35.5 Å². The van der Waals surface area contributed by atoms with E-state index in [2.05, 4.69) is 158 Å². The molecular weight excluding hydrogens is 1010 g/mol. The third-order valence-electron chi connectivity index (χ3n) is 23.9. The number of hydrogen-bond acceptors (Lipinski definition) is 3. The van der Waals surface area contributed by atoms with Crippen molar-refractivity contribution in [3.8, 4) is 5.69 Å². The van der Waals surface area contributed by atoms with Gasteiger partial charge in [0.25, 0.3) is 0 Å². The Labute approximate surface area is 483 Å². The van der Waals surface area contributed by atoms with Crippen LogP contribution in [0.4, 0.5) is 0 Å². The van der Waals surface area contributed by atoms with Crippen LogP contribution in [0.1, 0.15) is 165 Å². The van der Waals surface area contributed by atoms with Crippen LogP contribution in [-0.2, 0) is 5.41 Å². The van der Waals surface area contributed by atoms with Crippen molar-refractivity contribution in [3.63, 3.8) is 0 Å². The van der Waals surface area contributed by atoms with E-state index < -0.39 is 0 Å². The number of benzene rings is 7. The lowest BCUT2D eigenvalue weighted by molar-refractivity contribution is 0.166. The number of aromatic nitrogens is 3. The Morgan fingerprint density at radius 2 is 1.11 bits per heavy atom. The molecule has 0 spiro atoms. The van der Waals surface area contributed by atoms with Crippen molar-refractivity contribution >= 4 is 129 Å². The molecule has 5 aromatic heterocycles. The molecule has 7 heterocycles. The summed E-state index contributed by atoms with van der Waals surface area (Å²) in [5.74, 6) is 3.11. The van der Waals surface area contributed by atoms with Crippen molar-refractivity contribution < 1.29 is 8.83 Å². The molecule has 0 radical (unpaired) electrons. The Morgan fingerprint density at radius 1 is 0.542 bits per heavy atom. The number of fused-ring (bicyclic) bond motifs is 20. The molecule has 0 N–H and O–H groups in total. The van der Waals surface area contributed by atoms with Gasteiger partial charge in [-0.2, -0.15) is 0 Å². The zero-order chi connectivity index (χ0) is 55.0. The molecule has 0 amide bonds. The summed E-state index contributed by atoms with van der Waals surface area (Å²) in [4.78, 5) is 17.9. The summed E-state index contributed by atoms with van der Waals surface area (Å²) >= 11 is 0. The minimum Gasteiger partial charge on any atom is -0.456 e. The van der Waals surface area contributed by atoms with Crippen LogP contribution in [0.3, 0.4) is 0 Å². The molecule has 2 aliphatic heterocycles. The van der Waals surface area contributed by atoms with Gasteiger partial charge in [-0.05, 0) is 189 Å². The monoisotopic (exact) mass is 1080 g/mol. The summed E-state index contributed by atoms with van der Waals surface area (Å²) in [5, 5.41) is 7.10. The van der Waals surface area contributed by atoms with E-state index in [0.717, 1.165) is 80.1 Å². The molecule has 12 aromatic rings. The Balaban J connectivity index is 1.11. The number of hydrogen-bond donors (Lipinski definition) is 0. The van der Waals surface area contributed by atoms with Crippen LogP contribution in [0.2, 0.25) is 0 Å². The fraction of sp³-hybridized carbons (Fsp3) is 0.347. The Bertz CT molecular complexity index is 5090. The van der Waals surface area contributed by atoms with Gasteiger partial charge in [0.05, 0.1) is 10.9 Å². The number of para-hydroxylation sites is 2. The molecular formula is C75H67B2N3O3. The average Bonchev–Trinajstić information content (AvgIpc) is 1.66. The van der Waals surface area contributed by atoms with Gasteiger partial charge in [-0.1, -0.05) is 163 Å². The van der Waals surface area contributed by atoms with Crippen LogP contribution >= 0.6 is 0 Å². The summed E-state index contributed by atoms with van der Waals surface area (Å²) in [7, 11) is 0. The highest BCUT2D eigenvalue weighted by Gasteiger charge is 2.52. The van der Waals surface area contributed by atoms with E-state index in [1.54, 1.807) is 5.57 Å². The standard InChI is InChI=1S/C75H67B2N3O3/c1-37-26-42-29-45(27-37)56-51(34-42)60-65-72-78-67-52(76(65)63-38(2)16-14-17-39(63)3)35-48(75(6)24-12-7-13-25-75)36-53(67)77(64-40(4)18-15-19-41(64)5)66-62-57-46-30-43-28-44(31-46)33-47(32-43)58(57)70-61(50-21-9-11-23-55(50)82-70)68(62)79(73(66)78)74(81)80(72)69(60)71-59(56)49-20-8-10-22-54(49)83-71/h8-11,14-23,34-37,43-47H,7,12-13,24-33H2,1-6H3. The van der Waals surface area contributed by atoms with Gasteiger partial charge in [-0.25, -0.2) is 13.6 Å². The fourth-order valence-corrected chi connectivity index (χ4v) is 21.0. The van der Waals surface area contributed by atoms with Crippen LogP contribution < -0.4 is 38.5 Å². The molecule has 4 atom stereocenters. The van der Waals surface area contributed by atoms with Crippen LogP contribution in [0.15, 0.2) is 116 Å². The summed E-state index contributed by atoms with van der Waals surface area (Å²) in [6.07, 6.45) is 18.2. The van der Waals surface area contributed by atoms with E-state index >= 15 is 4.79 Å². The molecule has 4 fully saturated rings. The summed E-state index contributed by atoms with van der Waals surface area (Å²) in [5.41, 5.74) is 31.0. The van der Waals surface area contributed by atoms with Gasteiger partial charge in [0, 0.05) is 38.2 Å². The zero-order valence-corrected chi connectivity index (χ0v) is 48.7. The highest BCUT2D eigenvalue weighted by atomic mass is 16.3. The lowest BCUT2D eigenvalue weighted by atomic mass is 9.30. The number of furan rings is 2. The maximum atomic E-state index is 17.9. The van der Waals surface area contributed by atoms with Gasteiger partial charge in [0.2, 0.25) is 13.4 Å². The Hall–Kier alpha value is -7.44. The largest absolute Gasteiger partial charge is 0.456 e. The maximum Gasteiger partial charge on any atom is 0.340 e. The van der Waals surface area contributed by atoms with E-state index in [1.807, 2.05) is 0 Å². The lowest BCUT2D eigenvalue weighted by Gasteiger charge is -2.40. The lowest BCUT2D eigenvalue weighted by Crippen LogP contribution is -2.65. The predicted octanol–water partition coefficient (Wildman–Crippen LogP) is 14.3.